The molecule has 0 unspecified atom stereocenters. The van der Waals surface area contributed by atoms with Crippen molar-refractivity contribution in [1.29, 1.82) is 0 Å². The summed E-state index contributed by atoms with van der Waals surface area (Å²) < 4.78 is 44.0. The summed E-state index contributed by atoms with van der Waals surface area (Å²) in [7, 11) is -1.90. The second-order valence-electron chi connectivity index (χ2n) is 7.07. The molecule has 3 rings (SSSR count). The first kappa shape index (κ1) is 21.3. The van der Waals surface area contributed by atoms with E-state index < -0.39 is 21.6 Å². The fraction of sp³-hybridized carbons (Fsp3) is 0.381. The monoisotopic (exact) mass is 420 g/mol. The lowest BCUT2D eigenvalue weighted by atomic mass is 10.0. The molecule has 2 aromatic carbocycles. The van der Waals surface area contributed by atoms with Crippen LogP contribution in [0.15, 0.2) is 53.4 Å². The first-order valence-corrected chi connectivity index (χ1v) is 11.2. The minimum Gasteiger partial charge on any atom is -0.497 e. The van der Waals surface area contributed by atoms with Gasteiger partial charge in [-0.3, -0.25) is 4.79 Å². The first-order chi connectivity index (χ1) is 13.9. The van der Waals surface area contributed by atoms with Crippen molar-refractivity contribution in [2.75, 3.05) is 32.5 Å². The molecule has 2 aromatic rings. The zero-order valence-electron chi connectivity index (χ0n) is 16.3. The van der Waals surface area contributed by atoms with E-state index in [1.165, 1.54) is 25.3 Å². The molecule has 0 bridgehead atoms. The van der Waals surface area contributed by atoms with Crippen molar-refractivity contribution in [1.82, 2.24) is 10.2 Å². The van der Waals surface area contributed by atoms with Crippen LogP contribution in [0.2, 0.25) is 0 Å². The van der Waals surface area contributed by atoms with Crippen LogP contribution in [0.1, 0.15) is 23.2 Å². The number of sulfone groups is 1. The molecular formula is C21H25FN2O4S. The molecule has 0 aliphatic carbocycles. The number of piperidine rings is 1. The molecule has 0 atom stereocenters. The zero-order chi connectivity index (χ0) is 20.9. The van der Waals surface area contributed by atoms with Gasteiger partial charge in [-0.05, 0) is 43.2 Å². The number of halogens is 1. The third kappa shape index (κ3) is 5.55. The Hall–Kier alpha value is -2.45. The first-order valence-electron chi connectivity index (χ1n) is 9.53. The number of amides is 1. The van der Waals surface area contributed by atoms with Gasteiger partial charge in [0.05, 0.1) is 23.3 Å². The Morgan fingerprint density at radius 2 is 1.90 bits per heavy atom. The van der Waals surface area contributed by atoms with E-state index in [0.29, 0.717) is 38.2 Å². The highest BCUT2D eigenvalue weighted by Gasteiger charge is 2.24. The summed E-state index contributed by atoms with van der Waals surface area (Å²) in [6, 6.07) is 12.3. The van der Waals surface area contributed by atoms with Crippen molar-refractivity contribution >= 4 is 15.7 Å². The van der Waals surface area contributed by atoms with Gasteiger partial charge in [0.2, 0.25) is 0 Å². The average Bonchev–Trinajstić information content (AvgIpc) is 2.73. The van der Waals surface area contributed by atoms with Crippen LogP contribution < -0.4 is 10.1 Å². The second-order valence-corrected chi connectivity index (χ2v) is 9.18. The Bertz CT molecular complexity index is 957. The van der Waals surface area contributed by atoms with Crippen LogP contribution in [0, 0.1) is 5.82 Å². The standard InChI is InChI=1S/C21H25FN2O4S/c1-28-17-5-4-6-18(15-17)29(26,27)14-13-24-11-9-16(10-12-24)23-21(25)19-7-2-3-8-20(19)22/h2-8,15-16H,9-14H2,1H3,(H,23,25). The van der Waals surface area contributed by atoms with Crippen molar-refractivity contribution in [3.05, 3.63) is 59.9 Å². The molecule has 29 heavy (non-hydrogen) atoms. The van der Waals surface area contributed by atoms with Gasteiger partial charge in [-0.1, -0.05) is 18.2 Å². The summed E-state index contributed by atoms with van der Waals surface area (Å²) in [5.74, 6) is -0.420. The highest BCUT2D eigenvalue weighted by Crippen LogP contribution is 2.19. The maximum atomic E-state index is 13.7. The highest BCUT2D eigenvalue weighted by molar-refractivity contribution is 7.91. The maximum Gasteiger partial charge on any atom is 0.254 e. The predicted octanol–water partition coefficient (Wildman–Crippen LogP) is 2.50. The van der Waals surface area contributed by atoms with E-state index in [2.05, 4.69) is 10.2 Å². The molecule has 0 radical (unpaired) electrons. The minimum atomic E-state index is -3.40. The molecule has 1 aliphatic heterocycles. The van der Waals surface area contributed by atoms with E-state index in [0.717, 1.165) is 0 Å². The van der Waals surface area contributed by atoms with Gasteiger partial charge in [-0.2, -0.15) is 0 Å². The Balaban J connectivity index is 1.48. The lowest BCUT2D eigenvalue weighted by molar-refractivity contribution is 0.0909. The SMILES string of the molecule is COc1cccc(S(=O)(=O)CCN2CCC(NC(=O)c3ccccc3F)CC2)c1. The van der Waals surface area contributed by atoms with E-state index in [1.807, 2.05) is 0 Å². The van der Waals surface area contributed by atoms with Gasteiger partial charge >= 0.3 is 0 Å². The molecule has 1 heterocycles. The van der Waals surface area contributed by atoms with Gasteiger partial charge in [-0.15, -0.1) is 0 Å². The number of hydrogen-bond donors (Lipinski definition) is 1. The lowest BCUT2D eigenvalue weighted by Gasteiger charge is -2.32. The molecule has 8 heteroatoms. The summed E-state index contributed by atoms with van der Waals surface area (Å²) in [6.07, 6.45) is 1.39. The summed E-state index contributed by atoms with van der Waals surface area (Å²) in [6.45, 7) is 1.78. The van der Waals surface area contributed by atoms with Gasteiger partial charge in [0.15, 0.2) is 9.84 Å². The van der Waals surface area contributed by atoms with Crippen molar-refractivity contribution in [3.8, 4) is 5.75 Å². The number of carbonyl (C=O) groups is 1. The number of likely N-dealkylation sites (tertiary alicyclic amines) is 1. The Kier molecular flexibility index (Phi) is 6.87. The maximum absolute atomic E-state index is 13.7. The van der Waals surface area contributed by atoms with Gasteiger partial charge < -0.3 is 15.0 Å². The summed E-state index contributed by atoms with van der Waals surface area (Å²) in [5.41, 5.74) is 0.0410. The average molecular weight is 421 g/mol. The fourth-order valence-corrected chi connectivity index (χ4v) is 4.69. The van der Waals surface area contributed by atoms with Crippen molar-refractivity contribution < 1.29 is 22.3 Å². The molecule has 0 spiro atoms. The van der Waals surface area contributed by atoms with Crippen LogP contribution in [-0.4, -0.2) is 57.8 Å². The number of nitrogens with one attached hydrogen (secondary N) is 1. The Labute approximate surface area is 170 Å². The van der Waals surface area contributed by atoms with E-state index in [1.54, 1.807) is 30.3 Å². The summed E-state index contributed by atoms with van der Waals surface area (Å²) in [5, 5.41) is 2.87. The molecule has 1 N–H and O–H groups in total. The van der Waals surface area contributed by atoms with Gasteiger partial charge in [0.25, 0.3) is 5.91 Å². The Morgan fingerprint density at radius 1 is 1.17 bits per heavy atom. The summed E-state index contributed by atoms with van der Waals surface area (Å²) in [4.78, 5) is 14.6. The fourth-order valence-electron chi connectivity index (χ4n) is 3.37. The molecule has 6 nitrogen and oxygen atoms in total. The number of benzene rings is 2. The number of carbonyl (C=O) groups excluding carboxylic acids is 1. The molecule has 0 saturated carbocycles. The zero-order valence-corrected chi connectivity index (χ0v) is 17.1. The number of rotatable bonds is 7. The Morgan fingerprint density at radius 3 is 2.59 bits per heavy atom. The summed E-state index contributed by atoms with van der Waals surface area (Å²) >= 11 is 0. The van der Waals surface area contributed by atoms with Gasteiger partial charge in [0, 0.05) is 25.7 Å². The van der Waals surface area contributed by atoms with Crippen LogP contribution in [0.3, 0.4) is 0 Å². The smallest absolute Gasteiger partial charge is 0.254 e. The number of hydrogen-bond acceptors (Lipinski definition) is 5. The highest BCUT2D eigenvalue weighted by atomic mass is 32.2. The van der Waals surface area contributed by atoms with E-state index >= 15 is 0 Å². The molecule has 1 saturated heterocycles. The van der Waals surface area contributed by atoms with Crippen LogP contribution >= 0.6 is 0 Å². The minimum absolute atomic E-state index is 0.0203. The molecule has 0 aromatic heterocycles. The number of methoxy groups -OCH3 is 1. The molecule has 1 fully saturated rings. The number of ether oxygens (including phenoxy) is 1. The topological polar surface area (TPSA) is 75.7 Å². The van der Waals surface area contributed by atoms with Crippen LogP contribution in [0.4, 0.5) is 4.39 Å². The van der Waals surface area contributed by atoms with E-state index in [-0.39, 0.29) is 22.3 Å². The quantitative estimate of drug-likeness (QED) is 0.745. The third-order valence-electron chi connectivity index (χ3n) is 5.12. The molecule has 156 valence electrons. The van der Waals surface area contributed by atoms with Crippen LogP contribution in [0.5, 0.6) is 5.75 Å². The lowest BCUT2D eigenvalue weighted by Crippen LogP contribution is -2.45. The van der Waals surface area contributed by atoms with E-state index in [9.17, 15) is 17.6 Å². The van der Waals surface area contributed by atoms with Crippen LogP contribution in [0.25, 0.3) is 0 Å². The van der Waals surface area contributed by atoms with Crippen molar-refractivity contribution in [2.45, 2.75) is 23.8 Å². The largest absolute Gasteiger partial charge is 0.497 e. The second kappa shape index (κ2) is 9.37. The molecule has 1 aliphatic rings. The van der Waals surface area contributed by atoms with Gasteiger partial charge in [0.1, 0.15) is 11.6 Å². The third-order valence-corrected chi connectivity index (χ3v) is 6.81. The van der Waals surface area contributed by atoms with E-state index in [4.69, 9.17) is 4.74 Å². The van der Waals surface area contributed by atoms with Crippen molar-refractivity contribution in [3.63, 3.8) is 0 Å². The molecular weight excluding hydrogens is 395 g/mol. The normalized spacial score (nSPS) is 15.8. The van der Waals surface area contributed by atoms with Gasteiger partial charge in [-0.25, -0.2) is 12.8 Å². The van der Waals surface area contributed by atoms with Crippen LogP contribution in [-0.2, 0) is 9.84 Å². The number of nitrogens with zero attached hydrogens (tertiary/aromatic N) is 1. The molecule has 1 amide bonds. The predicted molar refractivity (Wildman–Crippen MR) is 108 cm³/mol. The van der Waals surface area contributed by atoms with Crippen molar-refractivity contribution in [2.24, 2.45) is 0 Å².